The number of carbonyl (C=O) groups is 2. The lowest BCUT2D eigenvalue weighted by Crippen LogP contribution is -2.41. The average Bonchev–Trinajstić information content (AvgIpc) is 3.11. The van der Waals surface area contributed by atoms with Gasteiger partial charge in [-0.15, -0.1) is 0 Å². The number of carbonyl (C=O) groups excluding carboxylic acids is 1. The Hall–Kier alpha value is -2.45. The predicted octanol–water partition coefficient (Wildman–Crippen LogP) is 2.82. The van der Waals surface area contributed by atoms with Gasteiger partial charge in [0.15, 0.2) is 0 Å². The highest BCUT2D eigenvalue weighted by Gasteiger charge is 2.42. The molecule has 2 aromatic rings. The minimum Gasteiger partial charge on any atom is -0.481 e. The van der Waals surface area contributed by atoms with Crippen molar-refractivity contribution >= 4 is 22.8 Å². The molecular formula is C21H25FN2O5. The Labute approximate surface area is 167 Å². The first kappa shape index (κ1) is 19.8. The van der Waals surface area contributed by atoms with Crippen molar-refractivity contribution in [3.63, 3.8) is 0 Å². The van der Waals surface area contributed by atoms with Gasteiger partial charge < -0.3 is 24.5 Å². The number of aliphatic carboxylic acids is 1. The molecule has 1 aromatic heterocycles. The number of rotatable bonds is 5. The molecule has 8 heteroatoms. The molecule has 0 saturated carbocycles. The Morgan fingerprint density at radius 3 is 2.72 bits per heavy atom. The van der Waals surface area contributed by atoms with Crippen LogP contribution in [0.3, 0.4) is 0 Å². The normalized spacial score (nSPS) is 21.9. The number of carboxylic acid groups (broad SMARTS) is 1. The lowest BCUT2D eigenvalue weighted by atomic mass is 9.84. The zero-order valence-electron chi connectivity index (χ0n) is 16.4. The third-order valence-corrected chi connectivity index (χ3v) is 5.81. The second-order valence-corrected chi connectivity index (χ2v) is 7.64. The number of ether oxygens (including phenoxy) is 2. The van der Waals surface area contributed by atoms with Crippen molar-refractivity contribution in [3.8, 4) is 0 Å². The molecule has 1 unspecified atom stereocenters. The number of H-pyrrole nitrogens is 1. The molecule has 3 heterocycles. The zero-order chi connectivity index (χ0) is 20.6. The van der Waals surface area contributed by atoms with Crippen LogP contribution in [0.15, 0.2) is 12.1 Å². The smallest absolute Gasteiger partial charge is 0.306 e. The van der Waals surface area contributed by atoms with E-state index in [2.05, 4.69) is 4.98 Å². The van der Waals surface area contributed by atoms with E-state index in [4.69, 9.17) is 9.47 Å². The summed E-state index contributed by atoms with van der Waals surface area (Å²) in [4.78, 5) is 29.6. The van der Waals surface area contributed by atoms with Gasteiger partial charge in [0.05, 0.1) is 37.5 Å². The molecule has 2 N–H and O–H groups in total. The molecular weight excluding hydrogens is 379 g/mol. The topological polar surface area (TPSA) is 91.9 Å². The van der Waals surface area contributed by atoms with Crippen LogP contribution in [0.5, 0.6) is 0 Å². The van der Waals surface area contributed by atoms with Crippen LogP contribution in [0, 0.1) is 5.82 Å². The molecule has 0 aliphatic carbocycles. The number of hydrogen-bond acceptors (Lipinski definition) is 4. The Morgan fingerprint density at radius 2 is 2.03 bits per heavy atom. The van der Waals surface area contributed by atoms with E-state index in [1.807, 2.05) is 6.92 Å². The predicted molar refractivity (Wildman–Crippen MR) is 103 cm³/mol. The van der Waals surface area contributed by atoms with E-state index in [1.54, 1.807) is 4.90 Å². The lowest BCUT2D eigenvalue weighted by molar-refractivity contribution is -0.149. The number of amides is 1. The minimum atomic E-state index is -1.04. The van der Waals surface area contributed by atoms with Crippen LogP contribution >= 0.6 is 0 Å². The molecule has 0 bridgehead atoms. The number of morpholine rings is 1. The quantitative estimate of drug-likeness (QED) is 0.800. The number of aromatic amines is 1. The number of halogens is 1. The van der Waals surface area contributed by atoms with Crippen molar-refractivity contribution in [2.24, 2.45) is 0 Å². The molecule has 0 spiro atoms. The second kappa shape index (κ2) is 7.76. The fourth-order valence-electron chi connectivity index (χ4n) is 4.59. The Morgan fingerprint density at radius 1 is 1.28 bits per heavy atom. The summed E-state index contributed by atoms with van der Waals surface area (Å²) in [7, 11) is 0. The summed E-state index contributed by atoms with van der Waals surface area (Å²) in [5.74, 6) is -1.60. The minimum absolute atomic E-state index is 0.161. The first-order chi connectivity index (χ1) is 14.0. The van der Waals surface area contributed by atoms with E-state index in [0.29, 0.717) is 68.8 Å². The van der Waals surface area contributed by atoms with Crippen molar-refractivity contribution in [2.75, 3.05) is 32.9 Å². The molecule has 1 atom stereocenters. The van der Waals surface area contributed by atoms with Gasteiger partial charge in [-0.25, -0.2) is 4.39 Å². The summed E-state index contributed by atoms with van der Waals surface area (Å²) in [5, 5.41) is 10.0. The molecule has 4 rings (SSSR count). The molecule has 1 amide bonds. The molecule has 1 fully saturated rings. The van der Waals surface area contributed by atoms with E-state index >= 15 is 0 Å². The monoisotopic (exact) mass is 404 g/mol. The zero-order valence-corrected chi connectivity index (χ0v) is 16.4. The van der Waals surface area contributed by atoms with Crippen LogP contribution in [-0.2, 0) is 26.3 Å². The van der Waals surface area contributed by atoms with Crippen LogP contribution < -0.4 is 0 Å². The average molecular weight is 404 g/mol. The van der Waals surface area contributed by atoms with Crippen LogP contribution in [0.25, 0.3) is 10.9 Å². The highest BCUT2D eigenvalue weighted by Crippen LogP contribution is 2.43. The van der Waals surface area contributed by atoms with Crippen molar-refractivity contribution in [2.45, 2.75) is 38.2 Å². The molecule has 1 aromatic carbocycles. The third kappa shape index (κ3) is 3.40. The molecule has 2 aliphatic heterocycles. The largest absolute Gasteiger partial charge is 0.481 e. The van der Waals surface area contributed by atoms with Gasteiger partial charge >= 0.3 is 5.97 Å². The number of aromatic nitrogens is 1. The molecule has 29 heavy (non-hydrogen) atoms. The van der Waals surface area contributed by atoms with Crippen LogP contribution in [0.1, 0.15) is 47.8 Å². The molecule has 2 aliphatic rings. The van der Waals surface area contributed by atoms with E-state index in [0.717, 1.165) is 5.56 Å². The van der Waals surface area contributed by atoms with E-state index in [-0.39, 0.29) is 17.8 Å². The van der Waals surface area contributed by atoms with Gasteiger partial charge in [-0.3, -0.25) is 9.59 Å². The summed E-state index contributed by atoms with van der Waals surface area (Å²) in [6, 6.07) is 2.81. The summed E-state index contributed by atoms with van der Waals surface area (Å²) in [6.45, 7) is 4.23. The second-order valence-electron chi connectivity index (χ2n) is 7.64. The summed E-state index contributed by atoms with van der Waals surface area (Å²) >= 11 is 0. The number of nitrogens with zero attached hydrogens (tertiary/aromatic N) is 1. The molecule has 156 valence electrons. The van der Waals surface area contributed by atoms with Gasteiger partial charge in [0.1, 0.15) is 11.4 Å². The summed E-state index contributed by atoms with van der Waals surface area (Å²) in [5.41, 5.74) is 1.01. The van der Waals surface area contributed by atoms with Gasteiger partial charge in [-0.1, -0.05) is 13.3 Å². The van der Waals surface area contributed by atoms with E-state index < -0.39 is 17.4 Å². The van der Waals surface area contributed by atoms with Crippen molar-refractivity contribution in [3.05, 3.63) is 34.8 Å². The highest BCUT2D eigenvalue weighted by molar-refractivity contribution is 6.08. The van der Waals surface area contributed by atoms with Gasteiger partial charge in [-0.05, 0) is 30.5 Å². The van der Waals surface area contributed by atoms with Gasteiger partial charge in [0.25, 0.3) is 5.91 Å². The third-order valence-electron chi connectivity index (χ3n) is 5.81. The standard InChI is InChI=1S/C21H25FN2O5/c1-2-6-21(12-16(25)26)19-13(5-9-29-21)17-14(3-4-15(22)18(17)23-19)20(27)24-7-10-28-11-8-24/h3-4,23H,2,5-12H2,1H3,(H,25,26). The maximum Gasteiger partial charge on any atom is 0.306 e. The molecule has 7 nitrogen and oxygen atoms in total. The Bertz CT molecular complexity index is 950. The Kier molecular flexibility index (Phi) is 5.31. The maximum atomic E-state index is 14.7. The Balaban J connectivity index is 1.88. The van der Waals surface area contributed by atoms with Gasteiger partial charge in [-0.2, -0.15) is 0 Å². The fraction of sp³-hybridized carbons (Fsp3) is 0.524. The SMILES string of the molecule is CCCC1(CC(=O)O)OCCc2c1[nH]c1c(F)ccc(C(=O)N3CCOCC3)c21. The van der Waals surface area contributed by atoms with Crippen LogP contribution in [-0.4, -0.2) is 59.8 Å². The molecule has 1 saturated heterocycles. The highest BCUT2D eigenvalue weighted by atomic mass is 19.1. The number of benzene rings is 1. The van der Waals surface area contributed by atoms with E-state index in [9.17, 15) is 19.1 Å². The number of nitrogens with one attached hydrogen (secondary N) is 1. The van der Waals surface area contributed by atoms with Gasteiger partial charge in [0.2, 0.25) is 0 Å². The fourth-order valence-corrected chi connectivity index (χ4v) is 4.59. The van der Waals surface area contributed by atoms with Crippen molar-refractivity contribution < 1.29 is 28.6 Å². The van der Waals surface area contributed by atoms with E-state index in [1.165, 1.54) is 12.1 Å². The first-order valence-corrected chi connectivity index (χ1v) is 10.0. The van der Waals surface area contributed by atoms with Crippen LogP contribution in [0.4, 0.5) is 4.39 Å². The van der Waals surface area contributed by atoms with Crippen LogP contribution in [0.2, 0.25) is 0 Å². The first-order valence-electron chi connectivity index (χ1n) is 10.0. The maximum absolute atomic E-state index is 14.7. The molecule has 0 radical (unpaired) electrons. The number of carboxylic acids is 1. The van der Waals surface area contributed by atoms with Crippen molar-refractivity contribution in [1.82, 2.24) is 9.88 Å². The number of hydrogen-bond donors (Lipinski definition) is 2. The van der Waals surface area contributed by atoms with Crippen molar-refractivity contribution in [1.29, 1.82) is 0 Å². The van der Waals surface area contributed by atoms with Gasteiger partial charge in [0, 0.05) is 24.0 Å². The summed E-state index contributed by atoms with van der Waals surface area (Å²) in [6.07, 6.45) is 1.49. The number of fused-ring (bicyclic) bond motifs is 3. The summed E-state index contributed by atoms with van der Waals surface area (Å²) < 4.78 is 26.0. The lowest BCUT2D eigenvalue weighted by Gasteiger charge is -2.36.